The predicted molar refractivity (Wildman–Crippen MR) is 162 cm³/mol. The van der Waals surface area contributed by atoms with Crippen LogP contribution in [-0.2, 0) is 26.2 Å². The number of nitrogens with one attached hydrogen (secondary N) is 1. The fourth-order valence-electron chi connectivity index (χ4n) is 4.62. The van der Waals surface area contributed by atoms with E-state index < -0.39 is 28.5 Å². The topological polar surface area (TPSA) is 96.0 Å². The van der Waals surface area contributed by atoms with E-state index in [1.807, 2.05) is 58.0 Å². The quantitative estimate of drug-likeness (QED) is 0.264. The Labute approximate surface area is 244 Å². The third kappa shape index (κ3) is 7.88. The van der Waals surface area contributed by atoms with Crippen molar-refractivity contribution in [2.45, 2.75) is 64.4 Å². The summed E-state index contributed by atoms with van der Waals surface area (Å²) in [4.78, 5) is 29.1. The molecule has 0 saturated heterocycles. The molecular weight excluding hydrogens is 538 g/mol. The highest BCUT2D eigenvalue weighted by atomic mass is 32.2. The molecule has 1 N–H and O–H groups in total. The van der Waals surface area contributed by atoms with Crippen LogP contribution < -0.4 is 14.4 Å². The first-order chi connectivity index (χ1) is 19.6. The number of methoxy groups -OCH3 is 1. The Kier molecular flexibility index (Phi) is 11.3. The highest BCUT2D eigenvalue weighted by Gasteiger charge is 2.34. The number of benzene rings is 3. The van der Waals surface area contributed by atoms with Crippen LogP contribution in [0.5, 0.6) is 5.75 Å². The lowest BCUT2D eigenvalue weighted by atomic mass is 10.1. The number of aryl methyl sites for hydroxylation is 2. The number of ether oxygens (including phenoxy) is 1. The predicted octanol–water partition coefficient (Wildman–Crippen LogP) is 5.23. The molecule has 0 aliphatic rings. The van der Waals surface area contributed by atoms with Gasteiger partial charge in [-0.25, -0.2) is 8.42 Å². The fraction of sp³-hybridized carbons (Fsp3) is 0.375. The van der Waals surface area contributed by atoms with Gasteiger partial charge in [0.15, 0.2) is 0 Å². The van der Waals surface area contributed by atoms with Crippen LogP contribution in [0.4, 0.5) is 5.69 Å². The standard InChI is InChI=1S/C32H41N3O5S/c1-6-8-20-33-32(37)28(7-2)34(22-26-15-13-12-14-25(26)4)31(36)23-35(29-21-24(3)18-19-30(29)40-5)41(38,39)27-16-10-9-11-17-27/h9-19,21,28H,6-8,20,22-23H2,1-5H3,(H,33,37). The molecule has 8 nitrogen and oxygen atoms in total. The molecule has 1 atom stereocenters. The van der Waals surface area contributed by atoms with Crippen LogP contribution in [0.15, 0.2) is 77.7 Å². The summed E-state index contributed by atoms with van der Waals surface area (Å²) in [5, 5.41) is 2.95. The third-order valence-electron chi connectivity index (χ3n) is 7.03. The molecule has 0 fully saturated rings. The number of carbonyl (C=O) groups excluding carboxylic acids is 2. The second-order valence-corrected chi connectivity index (χ2v) is 11.9. The number of rotatable bonds is 14. The average Bonchev–Trinajstić information content (AvgIpc) is 2.97. The van der Waals surface area contributed by atoms with Crippen LogP contribution >= 0.6 is 0 Å². The molecule has 0 aromatic heterocycles. The van der Waals surface area contributed by atoms with E-state index in [0.29, 0.717) is 18.7 Å². The first kappa shape index (κ1) is 31.7. The maximum Gasteiger partial charge on any atom is 0.264 e. The molecule has 220 valence electrons. The van der Waals surface area contributed by atoms with Gasteiger partial charge in [0.2, 0.25) is 11.8 Å². The minimum Gasteiger partial charge on any atom is -0.495 e. The molecule has 0 bridgehead atoms. The number of carbonyl (C=O) groups is 2. The molecule has 3 aromatic carbocycles. The molecule has 0 spiro atoms. The number of hydrogen-bond acceptors (Lipinski definition) is 5. The van der Waals surface area contributed by atoms with Crippen molar-refractivity contribution in [1.29, 1.82) is 0 Å². The highest BCUT2D eigenvalue weighted by molar-refractivity contribution is 7.92. The number of unbranched alkanes of at least 4 members (excludes halogenated alkanes) is 1. The summed E-state index contributed by atoms with van der Waals surface area (Å²) in [6, 6.07) is 20.1. The van der Waals surface area contributed by atoms with Gasteiger partial charge in [0.1, 0.15) is 18.3 Å². The Hall–Kier alpha value is -3.85. The number of hydrogen-bond donors (Lipinski definition) is 1. The zero-order valence-corrected chi connectivity index (χ0v) is 25.4. The number of nitrogens with zero attached hydrogens (tertiary/aromatic N) is 2. The van der Waals surface area contributed by atoms with E-state index in [-0.39, 0.29) is 23.0 Å². The molecule has 0 heterocycles. The molecule has 3 aromatic rings. The van der Waals surface area contributed by atoms with Crippen molar-refractivity contribution in [3.63, 3.8) is 0 Å². The van der Waals surface area contributed by atoms with Crippen molar-refractivity contribution in [3.05, 3.63) is 89.5 Å². The lowest BCUT2D eigenvalue weighted by Gasteiger charge is -2.34. The molecule has 0 aliphatic carbocycles. The minimum atomic E-state index is -4.18. The van der Waals surface area contributed by atoms with Gasteiger partial charge in [0, 0.05) is 13.1 Å². The van der Waals surface area contributed by atoms with E-state index in [1.54, 1.807) is 30.3 Å². The lowest BCUT2D eigenvalue weighted by molar-refractivity contribution is -0.140. The third-order valence-corrected chi connectivity index (χ3v) is 8.80. The Morgan fingerprint density at radius 3 is 2.27 bits per heavy atom. The molecule has 3 rings (SSSR count). The van der Waals surface area contributed by atoms with Crippen molar-refractivity contribution in [1.82, 2.24) is 10.2 Å². The van der Waals surface area contributed by atoms with E-state index in [4.69, 9.17) is 4.74 Å². The second-order valence-electron chi connectivity index (χ2n) is 10.0. The highest BCUT2D eigenvalue weighted by Crippen LogP contribution is 2.33. The summed E-state index contributed by atoms with van der Waals surface area (Å²) in [6.45, 7) is 7.84. The fourth-order valence-corrected chi connectivity index (χ4v) is 6.06. The summed E-state index contributed by atoms with van der Waals surface area (Å²) in [7, 11) is -2.72. The molecule has 2 amide bonds. The van der Waals surface area contributed by atoms with Gasteiger partial charge in [-0.3, -0.25) is 13.9 Å². The van der Waals surface area contributed by atoms with E-state index >= 15 is 0 Å². The summed E-state index contributed by atoms with van der Waals surface area (Å²) < 4.78 is 34.7. The minimum absolute atomic E-state index is 0.0474. The summed E-state index contributed by atoms with van der Waals surface area (Å²) in [5.41, 5.74) is 2.91. The molecule has 0 radical (unpaired) electrons. The Morgan fingerprint density at radius 2 is 1.63 bits per heavy atom. The normalized spacial score (nSPS) is 11.9. The lowest BCUT2D eigenvalue weighted by Crippen LogP contribution is -2.52. The first-order valence-electron chi connectivity index (χ1n) is 14.0. The second kappa shape index (κ2) is 14.7. The van der Waals surface area contributed by atoms with Crippen LogP contribution in [0.25, 0.3) is 0 Å². The van der Waals surface area contributed by atoms with Crippen molar-refractivity contribution in [3.8, 4) is 5.75 Å². The van der Waals surface area contributed by atoms with Crippen LogP contribution in [-0.4, -0.2) is 51.4 Å². The zero-order chi connectivity index (χ0) is 30.0. The van der Waals surface area contributed by atoms with Crippen LogP contribution in [0.1, 0.15) is 49.8 Å². The van der Waals surface area contributed by atoms with Crippen LogP contribution in [0, 0.1) is 13.8 Å². The van der Waals surface area contributed by atoms with Gasteiger partial charge in [-0.05, 0) is 67.6 Å². The molecule has 0 aliphatic heterocycles. The van der Waals surface area contributed by atoms with Crippen molar-refractivity contribution < 1.29 is 22.7 Å². The van der Waals surface area contributed by atoms with Gasteiger partial charge < -0.3 is 15.0 Å². The first-order valence-corrected chi connectivity index (χ1v) is 15.4. The largest absolute Gasteiger partial charge is 0.495 e. The smallest absolute Gasteiger partial charge is 0.264 e. The van der Waals surface area contributed by atoms with Crippen LogP contribution in [0.2, 0.25) is 0 Å². The van der Waals surface area contributed by atoms with Gasteiger partial charge in [0.05, 0.1) is 17.7 Å². The SMILES string of the molecule is CCCCNC(=O)C(CC)N(Cc1ccccc1C)C(=O)CN(c1cc(C)ccc1OC)S(=O)(=O)c1ccccc1. The van der Waals surface area contributed by atoms with Crippen LogP contribution in [0.3, 0.4) is 0 Å². The molecule has 41 heavy (non-hydrogen) atoms. The number of amides is 2. The average molecular weight is 580 g/mol. The van der Waals surface area contributed by atoms with Crippen molar-refractivity contribution in [2.75, 3.05) is 24.5 Å². The van der Waals surface area contributed by atoms with Gasteiger partial charge in [-0.1, -0.05) is 68.8 Å². The molecular formula is C32H41N3O5S. The van der Waals surface area contributed by atoms with Gasteiger partial charge in [0.25, 0.3) is 10.0 Å². The Bertz CT molecular complexity index is 1430. The van der Waals surface area contributed by atoms with E-state index in [2.05, 4.69) is 5.32 Å². The van der Waals surface area contributed by atoms with Gasteiger partial charge in [-0.15, -0.1) is 0 Å². The van der Waals surface area contributed by atoms with Crippen molar-refractivity contribution >= 4 is 27.5 Å². The zero-order valence-electron chi connectivity index (χ0n) is 24.6. The molecule has 0 saturated carbocycles. The maximum absolute atomic E-state index is 14.2. The number of sulfonamides is 1. The Morgan fingerprint density at radius 1 is 0.951 bits per heavy atom. The van der Waals surface area contributed by atoms with Crippen molar-refractivity contribution in [2.24, 2.45) is 0 Å². The number of anilines is 1. The Balaban J connectivity index is 2.10. The van der Waals surface area contributed by atoms with Gasteiger partial charge >= 0.3 is 0 Å². The monoisotopic (exact) mass is 579 g/mol. The summed E-state index contributed by atoms with van der Waals surface area (Å²) >= 11 is 0. The summed E-state index contributed by atoms with van der Waals surface area (Å²) in [6.07, 6.45) is 2.12. The van der Waals surface area contributed by atoms with E-state index in [0.717, 1.165) is 33.8 Å². The molecule has 9 heteroatoms. The maximum atomic E-state index is 14.2. The van der Waals surface area contributed by atoms with E-state index in [1.165, 1.54) is 24.1 Å². The molecule has 1 unspecified atom stereocenters. The van der Waals surface area contributed by atoms with E-state index in [9.17, 15) is 18.0 Å². The van der Waals surface area contributed by atoms with Gasteiger partial charge in [-0.2, -0.15) is 0 Å². The summed E-state index contributed by atoms with van der Waals surface area (Å²) in [5.74, 6) is -0.431.